The molecule has 0 unspecified atom stereocenters. The summed E-state index contributed by atoms with van der Waals surface area (Å²) in [5, 5.41) is 12.9. The Hall–Kier alpha value is -2.17. The summed E-state index contributed by atoms with van der Waals surface area (Å²) in [6.45, 7) is 0.151. The lowest BCUT2D eigenvalue weighted by Crippen LogP contribution is -2.28. The minimum absolute atomic E-state index is 0.128. The second-order valence-corrected chi connectivity index (χ2v) is 3.05. The number of para-hydroxylation sites is 1. The first-order valence-electron chi connectivity index (χ1n) is 4.78. The molecule has 1 amide bonds. The fourth-order valence-corrected chi connectivity index (χ4v) is 1.25. The summed E-state index contributed by atoms with van der Waals surface area (Å²) in [5.41, 5.74) is 0.948. The molecule has 0 bridgehead atoms. The van der Waals surface area contributed by atoms with E-state index < -0.39 is 5.91 Å². The third kappa shape index (κ3) is 2.66. The lowest BCUT2D eigenvalue weighted by molar-refractivity contribution is -0.114. The molecule has 1 aromatic rings. The van der Waals surface area contributed by atoms with Crippen LogP contribution in [0.4, 0.5) is 5.69 Å². The summed E-state index contributed by atoms with van der Waals surface area (Å²) in [7, 11) is 1.47. The highest BCUT2D eigenvalue weighted by molar-refractivity contribution is 6.45. The third-order valence-electron chi connectivity index (χ3n) is 2.03. The molecular formula is C11H13N3O2. The van der Waals surface area contributed by atoms with Crippen molar-refractivity contribution in [3.05, 3.63) is 29.8 Å². The molecule has 0 aromatic heterocycles. The van der Waals surface area contributed by atoms with Crippen molar-refractivity contribution in [3.63, 3.8) is 0 Å². The van der Waals surface area contributed by atoms with Crippen LogP contribution in [0.5, 0.6) is 0 Å². The Bertz CT molecular complexity index is 415. The number of likely N-dealkylation sites (N-methyl/N-ethyl adjacent to an activating group) is 1. The maximum Gasteiger partial charge on any atom is 0.269 e. The number of anilines is 1. The van der Waals surface area contributed by atoms with E-state index in [0.717, 1.165) is 6.29 Å². The summed E-state index contributed by atoms with van der Waals surface area (Å²) in [6, 6.07) is 6.88. The number of benzene rings is 1. The van der Waals surface area contributed by atoms with E-state index in [-0.39, 0.29) is 12.3 Å². The van der Waals surface area contributed by atoms with Gasteiger partial charge in [-0.15, -0.1) is 0 Å². The van der Waals surface area contributed by atoms with Gasteiger partial charge in [-0.05, 0) is 6.07 Å². The van der Waals surface area contributed by atoms with Crippen LogP contribution in [-0.2, 0) is 9.59 Å². The summed E-state index contributed by atoms with van der Waals surface area (Å²) in [6.07, 6.45) is 0.723. The van der Waals surface area contributed by atoms with Crippen LogP contribution in [0.3, 0.4) is 0 Å². The third-order valence-corrected chi connectivity index (χ3v) is 2.03. The van der Waals surface area contributed by atoms with Gasteiger partial charge >= 0.3 is 0 Å². The first-order valence-corrected chi connectivity index (χ1v) is 4.78. The summed E-state index contributed by atoms with van der Waals surface area (Å²) >= 11 is 0. The van der Waals surface area contributed by atoms with Gasteiger partial charge in [-0.1, -0.05) is 18.2 Å². The van der Waals surface area contributed by atoms with Crippen molar-refractivity contribution in [3.8, 4) is 0 Å². The highest BCUT2D eigenvalue weighted by Gasteiger charge is 2.13. The number of hydrogen-bond acceptors (Lipinski definition) is 4. The Balaban J connectivity index is 2.98. The van der Waals surface area contributed by atoms with E-state index in [0.29, 0.717) is 11.3 Å². The average molecular weight is 219 g/mol. The smallest absolute Gasteiger partial charge is 0.269 e. The number of aldehydes is 1. The number of rotatable bonds is 5. The van der Waals surface area contributed by atoms with E-state index in [1.807, 2.05) is 0 Å². The van der Waals surface area contributed by atoms with Crippen molar-refractivity contribution in [1.82, 2.24) is 5.32 Å². The quantitative estimate of drug-likeness (QED) is 0.495. The Kier molecular flexibility index (Phi) is 4.20. The first kappa shape index (κ1) is 11.9. The number of carbonyl (C=O) groups is 2. The number of carbonyl (C=O) groups excluding carboxylic acids is 2. The van der Waals surface area contributed by atoms with Crippen LogP contribution >= 0.6 is 0 Å². The Morgan fingerprint density at radius 2 is 2.12 bits per heavy atom. The van der Waals surface area contributed by atoms with Crippen molar-refractivity contribution >= 4 is 23.6 Å². The molecule has 84 valence electrons. The number of hydrogen-bond donors (Lipinski definition) is 3. The maximum absolute atomic E-state index is 11.3. The van der Waals surface area contributed by atoms with Gasteiger partial charge < -0.3 is 15.4 Å². The van der Waals surface area contributed by atoms with Crippen molar-refractivity contribution in [2.75, 3.05) is 18.9 Å². The maximum atomic E-state index is 11.3. The Morgan fingerprint density at radius 3 is 2.75 bits per heavy atom. The zero-order valence-electron chi connectivity index (χ0n) is 8.91. The van der Waals surface area contributed by atoms with Gasteiger partial charge in [0.1, 0.15) is 12.0 Å². The van der Waals surface area contributed by atoms with E-state index in [1.54, 1.807) is 24.3 Å². The van der Waals surface area contributed by atoms with E-state index in [1.165, 1.54) is 7.05 Å². The van der Waals surface area contributed by atoms with Gasteiger partial charge in [0.15, 0.2) is 0 Å². The fraction of sp³-hybridized carbons (Fsp3) is 0.182. The topological polar surface area (TPSA) is 82.1 Å². The van der Waals surface area contributed by atoms with Crippen LogP contribution in [0.2, 0.25) is 0 Å². The van der Waals surface area contributed by atoms with Gasteiger partial charge in [0, 0.05) is 18.3 Å². The van der Waals surface area contributed by atoms with Crippen LogP contribution < -0.4 is 10.6 Å². The summed E-state index contributed by atoms with van der Waals surface area (Å²) in [5.74, 6) is -0.458. The van der Waals surface area contributed by atoms with Gasteiger partial charge in [-0.2, -0.15) is 0 Å². The predicted octanol–water partition coefficient (Wildman–Crippen LogP) is 0.411. The molecule has 0 radical (unpaired) electrons. The Labute approximate surface area is 93.4 Å². The molecule has 5 nitrogen and oxygen atoms in total. The molecule has 16 heavy (non-hydrogen) atoms. The molecule has 0 spiro atoms. The number of nitrogens with one attached hydrogen (secondary N) is 3. The monoisotopic (exact) mass is 219 g/mol. The van der Waals surface area contributed by atoms with Crippen LogP contribution in [0.1, 0.15) is 5.56 Å². The molecule has 3 N–H and O–H groups in total. The molecule has 0 aliphatic heterocycles. The molecule has 5 heteroatoms. The van der Waals surface area contributed by atoms with Crippen molar-refractivity contribution in [1.29, 1.82) is 5.41 Å². The molecule has 0 saturated heterocycles. The fourth-order valence-electron chi connectivity index (χ4n) is 1.25. The van der Waals surface area contributed by atoms with Crippen LogP contribution in [0, 0.1) is 5.41 Å². The minimum Gasteiger partial charge on any atom is -0.378 e. The molecule has 0 heterocycles. The predicted molar refractivity (Wildman–Crippen MR) is 61.9 cm³/mol. The van der Waals surface area contributed by atoms with Gasteiger partial charge in [-0.25, -0.2) is 0 Å². The molecule has 0 aliphatic carbocycles. The molecule has 1 rings (SSSR count). The van der Waals surface area contributed by atoms with Gasteiger partial charge in [-0.3, -0.25) is 10.2 Å². The van der Waals surface area contributed by atoms with Crippen molar-refractivity contribution in [2.45, 2.75) is 0 Å². The highest BCUT2D eigenvalue weighted by atomic mass is 16.1. The first-order chi connectivity index (χ1) is 7.70. The van der Waals surface area contributed by atoms with Gasteiger partial charge in [0.2, 0.25) is 0 Å². The normalized spacial score (nSPS) is 9.31. The van der Waals surface area contributed by atoms with E-state index in [2.05, 4.69) is 10.6 Å². The van der Waals surface area contributed by atoms with E-state index in [9.17, 15) is 9.59 Å². The van der Waals surface area contributed by atoms with E-state index in [4.69, 9.17) is 5.41 Å². The second kappa shape index (κ2) is 5.65. The van der Waals surface area contributed by atoms with Gasteiger partial charge in [0.25, 0.3) is 5.91 Å². The van der Waals surface area contributed by atoms with Gasteiger partial charge in [0.05, 0.1) is 6.54 Å². The molecule has 0 aliphatic rings. The lowest BCUT2D eigenvalue weighted by Gasteiger charge is -2.09. The van der Waals surface area contributed by atoms with Crippen LogP contribution in [-0.4, -0.2) is 31.5 Å². The zero-order chi connectivity index (χ0) is 12.0. The minimum atomic E-state index is -0.458. The lowest BCUT2D eigenvalue weighted by atomic mass is 10.1. The van der Waals surface area contributed by atoms with E-state index >= 15 is 0 Å². The van der Waals surface area contributed by atoms with Crippen molar-refractivity contribution in [2.24, 2.45) is 0 Å². The zero-order valence-corrected chi connectivity index (χ0v) is 8.91. The Morgan fingerprint density at radius 1 is 1.44 bits per heavy atom. The second-order valence-electron chi connectivity index (χ2n) is 3.05. The SMILES string of the molecule is CNC(=O)C(=N)c1ccccc1NCC=O. The molecule has 1 aromatic carbocycles. The highest BCUT2D eigenvalue weighted by Crippen LogP contribution is 2.15. The largest absolute Gasteiger partial charge is 0.378 e. The van der Waals surface area contributed by atoms with Crippen molar-refractivity contribution < 1.29 is 9.59 Å². The number of amides is 1. The molecule has 0 atom stereocenters. The summed E-state index contributed by atoms with van der Waals surface area (Å²) in [4.78, 5) is 21.6. The van der Waals surface area contributed by atoms with Crippen LogP contribution in [0.25, 0.3) is 0 Å². The molecule has 0 saturated carbocycles. The molecular weight excluding hydrogens is 206 g/mol. The van der Waals surface area contributed by atoms with Crippen LogP contribution in [0.15, 0.2) is 24.3 Å². The summed E-state index contributed by atoms with van der Waals surface area (Å²) < 4.78 is 0. The average Bonchev–Trinajstić information content (AvgIpc) is 2.34. The standard InChI is InChI=1S/C11H13N3O2/c1-13-11(16)10(12)8-4-2-3-5-9(8)14-6-7-15/h2-5,7,12,14H,6H2,1H3,(H,13,16). The molecule has 0 fully saturated rings.